The minimum absolute atomic E-state index is 0.119. The van der Waals surface area contributed by atoms with Gasteiger partial charge in [-0.25, -0.2) is 0 Å². The van der Waals surface area contributed by atoms with Gasteiger partial charge in [0.1, 0.15) is 5.75 Å². The number of hydrogen-bond acceptors (Lipinski definition) is 3. The highest BCUT2D eigenvalue weighted by atomic mass is 16.4. The SMILES string of the molecule is CCCc1cc(/C(N)=N/O)c(/C=C/C2CC2)c(-c2ccc(O)cc2)c1. The number of aromatic hydroxyl groups is 1. The summed E-state index contributed by atoms with van der Waals surface area (Å²) in [6.07, 6.45) is 8.66. The van der Waals surface area contributed by atoms with E-state index in [1.807, 2.05) is 18.2 Å². The van der Waals surface area contributed by atoms with Crippen molar-refractivity contribution in [1.29, 1.82) is 0 Å². The largest absolute Gasteiger partial charge is 0.508 e. The lowest BCUT2D eigenvalue weighted by Crippen LogP contribution is -2.16. The van der Waals surface area contributed by atoms with Crippen LogP contribution in [0.4, 0.5) is 0 Å². The molecule has 0 spiro atoms. The first kappa shape index (κ1) is 17.1. The molecule has 130 valence electrons. The molecule has 2 aromatic carbocycles. The number of nitrogens with zero attached hydrogens (tertiary/aromatic N) is 1. The van der Waals surface area contributed by atoms with Gasteiger partial charge in [-0.15, -0.1) is 0 Å². The number of amidine groups is 1. The van der Waals surface area contributed by atoms with Crippen molar-refractivity contribution in [1.82, 2.24) is 0 Å². The molecule has 25 heavy (non-hydrogen) atoms. The molecule has 0 atom stereocenters. The molecular weight excluding hydrogens is 312 g/mol. The van der Waals surface area contributed by atoms with Gasteiger partial charge >= 0.3 is 0 Å². The Hall–Kier alpha value is -2.75. The molecule has 0 aliphatic heterocycles. The molecule has 0 unspecified atom stereocenters. The van der Waals surface area contributed by atoms with E-state index in [-0.39, 0.29) is 11.6 Å². The van der Waals surface area contributed by atoms with E-state index in [4.69, 9.17) is 5.73 Å². The third kappa shape index (κ3) is 4.02. The van der Waals surface area contributed by atoms with Gasteiger partial charge in [0.2, 0.25) is 0 Å². The number of allylic oxidation sites excluding steroid dienone is 1. The third-order valence-electron chi connectivity index (χ3n) is 4.50. The summed E-state index contributed by atoms with van der Waals surface area (Å²) < 4.78 is 0. The first-order valence-corrected chi connectivity index (χ1v) is 8.74. The van der Waals surface area contributed by atoms with Gasteiger partial charge in [-0.05, 0) is 65.6 Å². The molecular formula is C21H24N2O2. The summed E-state index contributed by atoms with van der Waals surface area (Å²) in [5.74, 6) is 0.983. The monoisotopic (exact) mass is 336 g/mol. The van der Waals surface area contributed by atoms with E-state index >= 15 is 0 Å². The van der Waals surface area contributed by atoms with E-state index in [9.17, 15) is 10.3 Å². The van der Waals surface area contributed by atoms with Crippen LogP contribution in [0, 0.1) is 5.92 Å². The van der Waals surface area contributed by atoms with Crippen molar-refractivity contribution >= 4 is 11.9 Å². The average Bonchev–Trinajstić information content (AvgIpc) is 3.44. The molecule has 1 aliphatic carbocycles. The lowest BCUT2D eigenvalue weighted by Gasteiger charge is -2.15. The first-order valence-electron chi connectivity index (χ1n) is 8.74. The molecule has 0 radical (unpaired) electrons. The van der Waals surface area contributed by atoms with Gasteiger partial charge in [-0.2, -0.15) is 0 Å². The van der Waals surface area contributed by atoms with Crippen LogP contribution in [0.3, 0.4) is 0 Å². The van der Waals surface area contributed by atoms with Crippen molar-refractivity contribution < 1.29 is 10.3 Å². The van der Waals surface area contributed by atoms with Crippen LogP contribution in [0.25, 0.3) is 17.2 Å². The second kappa shape index (κ2) is 7.43. The van der Waals surface area contributed by atoms with Crippen LogP contribution in [0.5, 0.6) is 5.75 Å². The van der Waals surface area contributed by atoms with Crippen LogP contribution in [-0.4, -0.2) is 16.1 Å². The molecule has 0 aromatic heterocycles. The third-order valence-corrected chi connectivity index (χ3v) is 4.50. The van der Waals surface area contributed by atoms with Crippen LogP contribution >= 0.6 is 0 Å². The zero-order valence-corrected chi connectivity index (χ0v) is 14.4. The van der Waals surface area contributed by atoms with Crippen molar-refractivity contribution in [2.75, 3.05) is 0 Å². The number of oxime groups is 1. The maximum absolute atomic E-state index is 9.59. The van der Waals surface area contributed by atoms with Crippen LogP contribution in [0.1, 0.15) is 42.9 Å². The number of phenols is 1. The standard InChI is InChI=1S/C21H24N2O2/c1-2-3-15-12-19(16-7-9-17(24)10-8-16)18(11-6-14-4-5-14)20(13-15)21(22)23-25/h6-14,24-25H,2-5H2,1H3,(H2,22,23)/b11-6+. The molecule has 0 heterocycles. The lowest BCUT2D eigenvalue weighted by atomic mass is 9.90. The van der Waals surface area contributed by atoms with Crippen molar-refractivity contribution in [3.8, 4) is 16.9 Å². The minimum atomic E-state index is 0.119. The predicted octanol–water partition coefficient (Wildman–Crippen LogP) is 4.53. The van der Waals surface area contributed by atoms with Crippen LogP contribution < -0.4 is 5.73 Å². The summed E-state index contributed by atoms with van der Waals surface area (Å²) in [6.45, 7) is 2.13. The summed E-state index contributed by atoms with van der Waals surface area (Å²) in [4.78, 5) is 0. The normalized spacial score (nSPS) is 15.0. The summed E-state index contributed by atoms with van der Waals surface area (Å²) in [5.41, 5.74) is 10.9. The molecule has 4 N–H and O–H groups in total. The van der Waals surface area contributed by atoms with Crippen molar-refractivity contribution in [3.05, 3.63) is 59.2 Å². The molecule has 4 heteroatoms. The molecule has 3 rings (SSSR count). The van der Waals surface area contributed by atoms with Crippen molar-refractivity contribution in [3.63, 3.8) is 0 Å². The topological polar surface area (TPSA) is 78.8 Å². The van der Waals surface area contributed by atoms with E-state index in [1.54, 1.807) is 12.1 Å². The highest BCUT2D eigenvalue weighted by Crippen LogP contribution is 2.35. The Morgan fingerprint density at radius 1 is 1.24 bits per heavy atom. The summed E-state index contributed by atoms with van der Waals surface area (Å²) in [7, 11) is 0. The molecule has 0 bridgehead atoms. The van der Waals surface area contributed by atoms with Crippen LogP contribution in [0.2, 0.25) is 0 Å². The number of phenolic OH excluding ortho intramolecular Hbond substituents is 1. The molecule has 1 fully saturated rings. The Kier molecular flexibility index (Phi) is 5.08. The number of rotatable bonds is 6. The molecule has 0 amide bonds. The minimum Gasteiger partial charge on any atom is -0.508 e. The fourth-order valence-corrected chi connectivity index (χ4v) is 2.99. The highest BCUT2D eigenvalue weighted by molar-refractivity contribution is 6.03. The van der Waals surface area contributed by atoms with Crippen molar-refractivity contribution in [2.45, 2.75) is 32.6 Å². The van der Waals surface area contributed by atoms with Gasteiger partial charge in [0.15, 0.2) is 5.84 Å². The fraction of sp³-hybridized carbons (Fsp3) is 0.286. The van der Waals surface area contributed by atoms with E-state index in [2.05, 4.69) is 30.3 Å². The summed E-state index contributed by atoms with van der Waals surface area (Å²) >= 11 is 0. The zero-order valence-electron chi connectivity index (χ0n) is 14.4. The highest BCUT2D eigenvalue weighted by Gasteiger charge is 2.19. The van der Waals surface area contributed by atoms with E-state index < -0.39 is 0 Å². The van der Waals surface area contributed by atoms with E-state index in [1.165, 1.54) is 12.8 Å². The average molecular weight is 336 g/mol. The van der Waals surface area contributed by atoms with Gasteiger partial charge in [-0.1, -0.05) is 48.9 Å². The van der Waals surface area contributed by atoms with Crippen LogP contribution in [-0.2, 0) is 6.42 Å². The number of aryl methyl sites for hydroxylation is 1. The van der Waals surface area contributed by atoms with Gasteiger partial charge in [0.05, 0.1) is 0 Å². The van der Waals surface area contributed by atoms with Gasteiger partial charge in [0, 0.05) is 5.56 Å². The number of nitrogens with two attached hydrogens (primary N) is 1. The molecule has 1 aliphatic rings. The first-order chi connectivity index (χ1) is 12.1. The maximum Gasteiger partial charge on any atom is 0.170 e. The van der Waals surface area contributed by atoms with E-state index in [0.29, 0.717) is 5.92 Å². The van der Waals surface area contributed by atoms with Gasteiger partial charge in [0.25, 0.3) is 0 Å². The fourth-order valence-electron chi connectivity index (χ4n) is 2.99. The lowest BCUT2D eigenvalue weighted by molar-refractivity contribution is 0.318. The maximum atomic E-state index is 9.59. The molecule has 0 saturated heterocycles. The molecule has 2 aromatic rings. The summed E-state index contributed by atoms with van der Waals surface area (Å²) in [5, 5.41) is 22.1. The Balaban J connectivity index is 2.20. The Morgan fingerprint density at radius 3 is 2.56 bits per heavy atom. The smallest absolute Gasteiger partial charge is 0.170 e. The van der Waals surface area contributed by atoms with Crippen LogP contribution in [0.15, 0.2) is 47.6 Å². The number of benzene rings is 2. The quantitative estimate of drug-likeness (QED) is 0.314. The Bertz CT molecular complexity index is 803. The molecule has 1 saturated carbocycles. The second-order valence-corrected chi connectivity index (χ2v) is 6.58. The van der Waals surface area contributed by atoms with Gasteiger partial charge in [-0.3, -0.25) is 0 Å². The summed E-state index contributed by atoms with van der Waals surface area (Å²) in [6, 6.07) is 11.3. The van der Waals surface area contributed by atoms with E-state index in [0.717, 1.165) is 40.7 Å². The zero-order chi connectivity index (χ0) is 17.8. The van der Waals surface area contributed by atoms with Gasteiger partial charge < -0.3 is 16.0 Å². The van der Waals surface area contributed by atoms with Crippen molar-refractivity contribution in [2.24, 2.45) is 16.8 Å². The Morgan fingerprint density at radius 2 is 1.96 bits per heavy atom. The number of hydrogen-bond donors (Lipinski definition) is 3. The molecule has 4 nitrogen and oxygen atoms in total. The predicted molar refractivity (Wildman–Crippen MR) is 102 cm³/mol. The second-order valence-electron chi connectivity index (χ2n) is 6.58. The Labute approximate surface area is 148 Å².